The number of fused-ring (bicyclic) bond motifs is 2. The predicted octanol–water partition coefficient (Wildman–Crippen LogP) is 8.94. The lowest BCUT2D eigenvalue weighted by atomic mass is 9.59. The van der Waals surface area contributed by atoms with Gasteiger partial charge in [-0.05, 0) is 99.2 Å². The van der Waals surface area contributed by atoms with Crippen LogP contribution in [0.5, 0.6) is 11.5 Å². The van der Waals surface area contributed by atoms with Crippen molar-refractivity contribution in [2.24, 2.45) is 17.9 Å². The average molecular weight is 994 g/mol. The molecule has 0 bridgehead atoms. The number of hydrogen-bond acceptors (Lipinski definition) is 13. The van der Waals surface area contributed by atoms with Gasteiger partial charge < -0.3 is 34.1 Å². The molecule has 11 rings (SSSR count). The summed E-state index contributed by atoms with van der Waals surface area (Å²) in [6.45, 7) is 13.8. The quantitative estimate of drug-likeness (QED) is 0.0900. The number of aromatic nitrogens is 4. The molecule has 6 fully saturated rings. The number of carbonyl (C=O) groups excluding carboxylic acids is 2. The highest BCUT2D eigenvalue weighted by Crippen LogP contribution is 2.55. The van der Waals surface area contributed by atoms with Crippen LogP contribution < -0.4 is 30.1 Å². The summed E-state index contributed by atoms with van der Waals surface area (Å²) in [5, 5.41) is 18.1. The number of carbonyl (C=O) groups is 2. The second-order valence-corrected chi connectivity index (χ2v) is 20.6. The van der Waals surface area contributed by atoms with Gasteiger partial charge in [0.1, 0.15) is 29.5 Å². The molecule has 71 heavy (non-hydrogen) atoms. The van der Waals surface area contributed by atoms with E-state index in [1.54, 1.807) is 46.9 Å². The van der Waals surface area contributed by atoms with E-state index in [1.165, 1.54) is 55.5 Å². The number of nitrogens with zero attached hydrogens (tertiary/aromatic N) is 9. The Kier molecular flexibility index (Phi) is 14.4. The summed E-state index contributed by atoms with van der Waals surface area (Å²) in [7, 11) is 3.27. The fourth-order valence-corrected chi connectivity index (χ4v) is 12.3. The Bertz CT molecular complexity index is 2900. The lowest BCUT2D eigenvalue weighted by Gasteiger charge is -2.62. The summed E-state index contributed by atoms with van der Waals surface area (Å²) >= 11 is 1.43. The van der Waals surface area contributed by atoms with E-state index in [4.69, 9.17) is 9.47 Å². The van der Waals surface area contributed by atoms with Gasteiger partial charge in [-0.25, -0.2) is 22.9 Å². The number of urea groups is 1. The van der Waals surface area contributed by atoms with Crippen LogP contribution in [0.1, 0.15) is 97.1 Å². The van der Waals surface area contributed by atoms with Crippen LogP contribution in [0.4, 0.5) is 30.8 Å². The van der Waals surface area contributed by atoms with E-state index in [1.807, 2.05) is 33.8 Å². The van der Waals surface area contributed by atoms with Gasteiger partial charge in [-0.15, -0.1) is 0 Å². The number of halogens is 2. The van der Waals surface area contributed by atoms with Crippen LogP contribution in [0.2, 0.25) is 0 Å². The molecule has 6 aliphatic rings. The molecule has 3 spiro atoms. The van der Waals surface area contributed by atoms with E-state index >= 15 is 8.78 Å². The molecule has 2 aliphatic carbocycles. The Morgan fingerprint density at radius 1 is 0.958 bits per heavy atom. The van der Waals surface area contributed by atoms with Gasteiger partial charge in [-0.1, -0.05) is 27.7 Å². The van der Waals surface area contributed by atoms with Crippen LogP contribution in [-0.4, -0.2) is 112 Å². The molecule has 0 radical (unpaired) electrons. The van der Waals surface area contributed by atoms with E-state index < -0.39 is 11.8 Å². The van der Waals surface area contributed by atoms with Gasteiger partial charge in [0.05, 0.1) is 52.4 Å². The predicted molar refractivity (Wildman–Crippen MR) is 273 cm³/mol. The Hall–Kier alpha value is -5.81. The summed E-state index contributed by atoms with van der Waals surface area (Å²) < 4.78 is 52.4. The van der Waals surface area contributed by atoms with E-state index in [-0.39, 0.29) is 58.5 Å². The number of ether oxygens (including phenoxy) is 2. The van der Waals surface area contributed by atoms with Crippen LogP contribution in [-0.2, 0) is 16.6 Å². The third kappa shape index (κ3) is 9.56. The molecule has 2 amide bonds. The highest BCUT2D eigenvalue weighted by Gasteiger charge is 2.55. The van der Waals surface area contributed by atoms with Crippen LogP contribution in [0.25, 0.3) is 21.8 Å². The lowest BCUT2D eigenvalue weighted by Crippen LogP contribution is -2.67. The van der Waals surface area contributed by atoms with Gasteiger partial charge in [-0.2, -0.15) is 10.4 Å². The van der Waals surface area contributed by atoms with Gasteiger partial charge in [0, 0.05) is 95.3 Å². The van der Waals surface area contributed by atoms with Crippen molar-refractivity contribution in [1.82, 2.24) is 33.9 Å². The smallest absolute Gasteiger partial charge is 0.322 e. The Morgan fingerprint density at radius 3 is 2.41 bits per heavy atom. The molecule has 378 valence electrons. The number of likely N-dealkylation sites (tertiary alicyclic amines) is 1. The monoisotopic (exact) mass is 993 g/mol. The molecule has 1 unspecified atom stereocenters. The topological polar surface area (TPSA) is 166 Å². The lowest BCUT2D eigenvalue weighted by molar-refractivity contribution is -0.107. The first-order valence-corrected chi connectivity index (χ1v) is 26.0. The molecule has 2 N–H and O–H groups in total. The largest absolute Gasteiger partial charge is 0.453 e. The van der Waals surface area contributed by atoms with Gasteiger partial charge in [0.15, 0.2) is 17.4 Å². The number of piperidine rings is 1. The van der Waals surface area contributed by atoms with Gasteiger partial charge in [0.2, 0.25) is 0 Å². The first-order valence-electron chi connectivity index (χ1n) is 25.2. The van der Waals surface area contributed by atoms with Crippen LogP contribution >= 0.6 is 12.1 Å². The van der Waals surface area contributed by atoms with Crippen molar-refractivity contribution in [3.05, 3.63) is 76.3 Å². The second kappa shape index (κ2) is 20.4. The molecule has 2 aromatic heterocycles. The SMILES string of the molecule is CC.CC.CNC(=O)N(CCC=O)c1nn(C)c2cc(N3CC4(CC(N5CCC6(CC5)CC(n5cnc7ccc(Oc8c(F)ccc(NSN9CCC%10(CC%10)C9)c8C#N)cc7c5=O)CO6)C4)C3)c(F)cc12. The molecule has 5 aromatic rings. The van der Waals surface area contributed by atoms with Crippen molar-refractivity contribution in [2.75, 3.05) is 74.0 Å². The Morgan fingerprint density at radius 2 is 1.72 bits per heavy atom. The maximum atomic E-state index is 15.8. The number of aryl methyl sites for hydroxylation is 1. The number of benzene rings is 3. The van der Waals surface area contributed by atoms with E-state index in [0.29, 0.717) is 63.5 Å². The summed E-state index contributed by atoms with van der Waals surface area (Å²) in [6, 6.07) is 12.9. The number of nitriles is 1. The van der Waals surface area contributed by atoms with Gasteiger partial charge >= 0.3 is 6.03 Å². The minimum Gasteiger partial charge on any atom is -0.453 e. The zero-order chi connectivity index (χ0) is 50.2. The minimum atomic E-state index is -0.676. The number of aldehydes is 1. The normalized spacial score (nSPS) is 20.7. The third-order valence-corrected chi connectivity index (χ3v) is 16.3. The number of nitrogens with one attached hydrogen (secondary N) is 2. The Labute approximate surface area is 417 Å². The van der Waals surface area contributed by atoms with Crippen molar-refractivity contribution in [3.8, 4) is 17.6 Å². The molecule has 19 heteroatoms. The fourth-order valence-electron chi connectivity index (χ4n) is 11.4. The zero-order valence-corrected chi connectivity index (χ0v) is 42.4. The molecular formula is C52H65F2N11O5S. The van der Waals surface area contributed by atoms with Crippen molar-refractivity contribution in [3.63, 3.8) is 0 Å². The van der Waals surface area contributed by atoms with Gasteiger partial charge in [-0.3, -0.25) is 18.9 Å². The number of amides is 2. The third-order valence-electron chi connectivity index (χ3n) is 15.5. The summed E-state index contributed by atoms with van der Waals surface area (Å²) in [6.07, 6.45) is 10.6. The Balaban J connectivity index is 0.00000152. The summed E-state index contributed by atoms with van der Waals surface area (Å²) in [5.74, 6) is -0.705. The molecule has 1 atom stereocenters. The van der Waals surface area contributed by atoms with Crippen LogP contribution in [0.3, 0.4) is 0 Å². The maximum Gasteiger partial charge on any atom is 0.322 e. The number of rotatable bonds is 12. The van der Waals surface area contributed by atoms with E-state index in [0.717, 1.165) is 71.2 Å². The van der Waals surface area contributed by atoms with E-state index in [2.05, 4.69) is 40.3 Å². The van der Waals surface area contributed by atoms with E-state index in [9.17, 15) is 19.6 Å². The zero-order valence-electron chi connectivity index (χ0n) is 41.6. The fraction of sp³-hybridized carbons (Fsp3) is 0.538. The molecular weight excluding hydrogens is 929 g/mol. The number of anilines is 3. The summed E-state index contributed by atoms with van der Waals surface area (Å²) in [4.78, 5) is 48.5. The first kappa shape index (κ1) is 50.1. The second-order valence-electron chi connectivity index (χ2n) is 19.7. The van der Waals surface area contributed by atoms with Gasteiger partial charge in [0.25, 0.3) is 5.56 Å². The number of hydrogen-bond donors (Lipinski definition) is 2. The first-order chi connectivity index (χ1) is 34.4. The van der Waals surface area contributed by atoms with Crippen molar-refractivity contribution in [2.45, 2.75) is 103 Å². The molecule has 4 aliphatic heterocycles. The molecule has 6 heterocycles. The van der Waals surface area contributed by atoms with Crippen LogP contribution in [0, 0.1) is 33.8 Å². The highest BCUT2D eigenvalue weighted by atomic mass is 32.2. The maximum absolute atomic E-state index is 15.8. The minimum absolute atomic E-state index is 0.0490. The molecule has 16 nitrogen and oxygen atoms in total. The average Bonchev–Trinajstić information content (AvgIpc) is 3.64. The molecule has 2 saturated carbocycles. The standard InChI is InChI=1S/C48H53F2N11O5S.2C2H6/c1-52-45(64)60(13-3-17-62)43-34-19-37(50)41(20-40(34)56(2)54-43)58-26-47(27-58)21-30(22-47)57-14-11-48(12-15-57)23-31(25-65-48)61-29-53-38-6-4-32(18-33(38)44(61)63)66-42-35(24-51)39(7-5-36(42)49)55-67-59-16-10-46(28-59)8-9-46;2*1-2/h4-7,17-20,29-31,55H,3,8-16,21-23,25-28H2,1-2H3,(H,52,64);2*1-2H3. The van der Waals surface area contributed by atoms with Crippen LogP contribution in [0.15, 0.2) is 53.6 Å². The molecule has 4 saturated heterocycles. The van der Waals surface area contributed by atoms with Crippen molar-refractivity contribution >= 4 is 63.4 Å². The van der Waals surface area contributed by atoms with Crippen molar-refractivity contribution < 1.29 is 27.8 Å². The highest BCUT2D eigenvalue weighted by molar-refractivity contribution is 7.98. The molecule has 3 aromatic carbocycles. The summed E-state index contributed by atoms with van der Waals surface area (Å²) in [5.41, 5.74) is 2.25. The van der Waals surface area contributed by atoms with Crippen molar-refractivity contribution in [1.29, 1.82) is 5.26 Å².